The van der Waals surface area contributed by atoms with Crippen LogP contribution in [0.25, 0.3) is 0 Å². The molecular formula is C19H23ClN2O4S. The van der Waals surface area contributed by atoms with E-state index in [1.807, 2.05) is 18.2 Å². The fraction of sp³-hybridized carbons (Fsp3) is 0.526. The lowest BCUT2D eigenvalue weighted by Crippen LogP contribution is -2.56. The van der Waals surface area contributed by atoms with Crippen LogP contribution in [0.3, 0.4) is 0 Å². The van der Waals surface area contributed by atoms with Gasteiger partial charge >= 0.3 is 5.97 Å². The molecule has 0 unspecified atom stereocenters. The second kappa shape index (κ2) is 8.52. The molecule has 0 radical (unpaired) electrons. The van der Waals surface area contributed by atoms with Crippen molar-refractivity contribution in [1.29, 1.82) is 0 Å². The Bertz CT molecular complexity index is 736. The van der Waals surface area contributed by atoms with Crippen LogP contribution in [0.4, 0.5) is 0 Å². The topological polar surface area (TPSA) is 84.5 Å². The molecule has 2 aliphatic rings. The Kier molecular flexibility index (Phi) is 6.32. The quantitative estimate of drug-likeness (QED) is 0.728. The van der Waals surface area contributed by atoms with Gasteiger partial charge in [0.2, 0.25) is 5.91 Å². The zero-order valence-corrected chi connectivity index (χ0v) is 16.7. The van der Waals surface area contributed by atoms with Crippen molar-refractivity contribution in [2.75, 3.05) is 5.75 Å². The summed E-state index contributed by atoms with van der Waals surface area (Å²) in [6.45, 7) is 1.76. The molecule has 1 heterocycles. The molecule has 1 aliphatic carbocycles. The lowest BCUT2D eigenvalue weighted by atomic mass is 10.1. The van der Waals surface area contributed by atoms with E-state index in [0.717, 1.165) is 31.2 Å². The van der Waals surface area contributed by atoms with E-state index in [1.54, 1.807) is 6.07 Å². The number of thioether (sulfide) groups is 1. The van der Waals surface area contributed by atoms with E-state index >= 15 is 0 Å². The zero-order chi connectivity index (χ0) is 19.4. The van der Waals surface area contributed by atoms with E-state index in [1.165, 1.54) is 18.7 Å². The highest BCUT2D eigenvalue weighted by molar-refractivity contribution is 8.01. The van der Waals surface area contributed by atoms with Crippen LogP contribution in [-0.4, -0.2) is 40.4 Å². The van der Waals surface area contributed by atoms with Gasteiger partial charge in [-0.2, -0.15) is 0 Å². The first-order valence-electron chi connectivity index (χ1n) is 9.08. The summed E-state index contributed by atoms with van der Waals surface area (Å²) >= 11 is 7.59. The number of hydrogen-bond donors (Lipinski definition) is 2. The first-order chi connectivity index (χ1) is 12.9. The number of hydrogen-bond acceptors (Lipinski definition) is 5. The van der Waals surface area contributed by atoms with Gasteiger partial charge in [0.15, 0.2) is 6.10 Å². The first-order valence-corrected chi connectivity index (χ1v) is 10.4. The van der Waals surface area contributed by atoms with Gasteiger partial charge in [-0.3, -0.25) is 9.59 Å². The molecule has 2 amide bonds. The van der Waals surface area contributed by atoms with E-state index in [-0.39, 0.29) is 17.2 Å². The monoisotopic (exact) mass is 410 g/mol. The van der Waals surface area contributed by atoms with Gasteiger partial charge in [-0.15, -0.1) is 11.8 Å². The minimum absolute atomic E-state index is 0.0889. The number of rotatable bonds is 5. The Morgan fingerprint density at radius 3 is 2.74 bits per heavy atom. The molecule has 1 saturated heterocycles. The Morgan fingerprint density at radius 2 is 2.07 bits per heavy atom. The van der Waals surface area contributed by atoms with Gasteiger partial charge in [0.25, 0.3) is 5.91 Å². The summed E-state index contributed by atoms with van der Waals surface area (Å²) in [5.41, 5.74) is 0.781. The smallest absolute Gasteiger partial charge is 0.330 e. The van der Waals surface area contributed by atoms with Crippen molar-refractivity contribution >= 4 is 41.1 Å². The van der Waals surface area contributed by atoms with Gasteiger partial charge < -0.3 is 15.4 Å². The molecule has 146 valence electrons. The zero-order valence-electron chi connectivity index (χ0n) is 15.1. The van der Waals surface area contributed by atoms with Crippen molar-refractivity contribution in [3.05, 3.63) is 34.9 Å². The molecule has 1 spiro atoms. The maximum atomic E-state index is 12.4. The molecule has 6 nitrogen and oxygen atoms in total. The number of amides is 2. The standard InChI is InChI=1S/C19H23ClN2O4S/c1-12(16(23)21-10-13-6-2-3-7-14(13)20)26-17(24)15-11-27-19(18(25)22-15)8-4-5-9-19/h2-3,6-7,12,15H,4-5,8-11H2,1H3,(H,21,23)(H,22,25)/t12-,15+/m1/s1. The fourth-order valence-corrected chi connectivity index (χ4v) is 5.04. The molecule has 1 aromatic carbocycles. The molecule has 1 aromatic rings. The molecule has 2 atom stereocenters. The third-order valence-corrected chi connectivity index (χ3v) is 7.03. The van der Waals surface area contributed by atoms with Crippen LogP contribution in [0.5, 0.6) is 0 Å². The number of nitrogens with one attached hydrogen (secondary N) is 2. The highest BCUT2D eigenvalue weighted by Crippen LogP contribution is 2.44. The molecule has 2 fully saturated rings. The van der Waals surface area contributed by atoms with Gasteiger partial charge in [-0.05, 0) is 31.4 Å². The summed E-state index contributed by atoms with van der Waals surface area (Å²) in [5, 5.41) is 6.04. The van der Waals surface area contributed by atoms with E-state index in [0.29, 0.717) is 10.8 Å². The molecular weight excluding hydrogens is 388 g/mol. The van der Waals surface area contributed by atoms with E-state index in [2.05, 4.69) is 10.6 Å². The summed E-state index contributed by atoms with van der Waals surface area (Å²) in [6.07, 6.45) is 2.83. The lowest BCUT2D eigenvalue weighted by Gasteiger charge is -2.35. The van der Waals surface area contributed by atoms with Gasteiger partial charge in [0.05, 0.1) is 4.75 Å². The summed E-state index contributed by atoms with van der Waals surface area (Å²) in [4.78, 5) is 36.9. The summed E-state index contributed by atoms with van der Waals surface area (Å²) in [7, 11) is 0. The second-order valence-electron chi connectivity index (χ2n) is 6.93. The van der Waals surface area contributed by atoms with E-state index < -0.39 is 24.0 Å². The molecule has 0 aromatic heterocycles. The summed E-state index contributed by atoms with van der Waals surface area (Å²) in [5.74, 6) is -0.609. The largest absolute Gasteiger partial charge is 0.451 e. The maximum absolute atomic E-state index is 12.4. The van der Waals surface area contributed by atoms with Crippen LogP contribution in [-0.2, 0) is 25.7 Å². The van der Waals surface area contributed by atoms with Crippen LogP contribution in [0, 0.1) is 0 Å². The molecule has 8 heteroatoms. The van der Waals surface area contributed by atoms with Gasteiger partial charge in [-0.25, -0.2) is 4.79 Å². The predicted molar refractivity (Wildman–Crippen MR) is 104 cm³/mol. The molecule has 1 saturated carbocycles. The third kappa shape index (κ3) is 4.58. The van der Waals surface area contributed by atoms with Crippen molar-refractivity contribution in [2.24, 2.45) is 0 Å². The molecule has 27 heavy (non-hydrogen) atoms. The van der Waals surface area contributed by atoms with Gasteiger partial charge in [0, 0.05) is 17.3 Å². The summed E-state index contributed by atoms with van der Waals surface area (Å²) in [6, 6.07) is 6.48. The Balaban J connectivity index is 1.48. The number of benzene rings is 1. The van der Waals surface area contributed by atoms with Crippen LogP contribution in [0.15, 0.2) is 24.3 Å². The minimum Gasteiger partial charge on any atom is -0.451 e. The van der Waals surface area contributed by atoms with Crippen LogP contribution < -0.4 is 10.6 Å². The van der Waals surface area contributed by atoms with Crippen LogP contribution in [0.1, 0.15) is 38.2 Å². The minimum atomic E-state index is -0.954. The third-order valence-electron chi connectivity index (χ3n) is 5.01. The fourth-order valence-electron chi connectivity index (χ4n) is 3.36. The van der Waals surface area contributed by atoms with Crippen molar-refractivity contribution in [2.45, 2.75) is 56.0 Å². The number of halogens is 1. The number of carbonyl (C=O) groups excluding carboxylic acids is 3. The number of esters is 1. The van der Waals surface area contributed by atoms with Crippen molar-refractivity contribution in [1.82, 2.24) is 10.6 Å². The Labute approximate surface area is 167 Å². The van der Waals surface area contributed by atoms with E-state index in [4.69, 9.17) is 16.3 Å². The second-order valence-corrected chi connectivity index (χ2v) is 8.74. The SMILES string of the molecule is C[C@@H](OC(=O)[C@@H]1CSC2(CCCC2)C(=O)N1)C(=O)NCc1ccccc1Cl. The summed E-state index contributed by atoms with van der Waals surface area (Å²) < 4.78 is 4.88. The Hall–Kier alpha value is -1.73. The number of carbonyl (C=O) groups is 3. The maximum Gasteiger partial charge on any atom is 0.330 e. The first kappa shape index (κ1) is 20.0. The normalized spacial score (nSPS) is 22.1. The molecule has 1 aliphatic heterocycles. The predicted octanol–water partition coefficient (Wildman–Crippen LogP) is 2.43. The van der Waals surface area contributed by atoms with E-state index in [9.17, 15) is 14.4 Å². The lowest BCUT2D eigenvalue weighted by molar-refractivity contribution is -0.157. The van der Waals surface area contributed by atoms with Crippen molar-refractivity contribution in [3.63, 3.8) is 0 Å². The molecule has 0 bridgehead atoms. The van der Waals surface area contributed by atoms with Crippen LogP contribution >= 0.6 is 23.4 Å². The highest BCUT2D eigenvalue weighted by atomic mass is 35.5. The van der Waals surface area contributed by atoms with Gasteiger partial charge in [0.1, 0.15) is 6.04 Å². The average Bonchev–Trinajstić information content (AvgIpc) is 3.12. The number of ether oxygens (including phenoxy) is 1. The van der Waals surface area contributed by atoms with Crippen molar-refractivity contribution < 1.29 is 19.1 Å². The van der Waals surface area contributed by atoms with Gasteiger partial charge in [-0.1, -0.05) is 42.6 Å². The molecule has 3 rings (SSSR count). The Morgan fingerprint density at radius 1 is 1.37 bits per heavy atom. The van der Waals surface area contributed by atoms with Crippen LogP contribution in [0.2, 0.25) is 5.02 Å². The molecule has 2 N–H and O–H groups in total. The van der Waals surface area contributed by atoms with Crippen molar-refractivity contribution in [3.8, 4) is 0 Å². The average molecular weight is 411 g/mol. The highest BCUT2D eigenvalue weighted by Gasteiger charge is 2.47.